The molecule has 1 N–H and O–H groups in total. The van der Waals surface area contributed by atoms with Crippen molar-refractivity contribution in [2.24, 2.45) is 0 Å². The average molecular weight is 230 g/mol. The Balaban J connectivity index is 2.50. The van der Waals surface area contributed by atoms with Gasteiger partial charge in [-0.1, -0.05) is 0 Å². The van der Waals surface area contributed by atoms with Gasteiger partial charge in [0, 0.05) is 12.4 Å². The number of fused-ring (bicyclic) bond motifs is 1. The second-order valence-corrected chi connectivity index (χ2v) is 4.42. The maximum Gasteiger partial charge on any atom is 0.126 e. The molecule has 0 aliphatic rings. The first-order valence-corrected chi connectivity index (χ1v) is 5.86. The van der Waals surface area contributed by atoms with Crippen molar-refractivity contribution in [2.45, 2.75) is 26.9 Å². The van der Waals surface area contributed by atoms with Gasteiger partial charge in [-0.3, -0.25) is 0 Å². The van der Waals surface area contributed by atoms with E-state index >= 15 is 0 Å². The van der Waals surface area contributed by atoms with Gasteiger partial charge in [0.1, 0.15) is 11.6 Å². The van der Waals surface area contributed by atoms with E-state index in [2.05, 4.69) is 23.3 Å². The topological polar surface area (TPSA) is 34.1 Å². The highest BCUT2D eigenvalue weighted by molar-refractivity contribution is 5.85. The van der Waals surface area contributed by atoms with Crippen molar-refractivity contribution < 1.29 is 4.74 Å². The summed E-state index contributed by atoms with van der Waals surface area (Å²) in [6.45, 7) is 6.14. The lowest BCUT2D eigenvalue weighted by Gasteiger charge is -2.11. The standard InChI is InChI=1S/C14H18N2O/c1-9(2)17-11-5-6-13-12(8-11)10(3)7-14(15-4)16-13/h5-9H,1-4H3,(H,15,16). The van der Waals surface area contributed by atoms with Crippen LogP contribution in [-0.4, -0.2) is 18.1 Å². The van der Waals surface area contributed by atoms with Crippen molar-refractivity contribution >= 4 is 16.7 Å². The fraction of sp³-hybridized carbons (Fsp3) is 0.357. The quantitative estimate of drug-likeness (QED) is 0.877. The molecule has 0 spiro atoms. The van der Waals surface area contributed by atoms with Gasteiger partial charge in [0.25, 0.3) is 0 Å². The second-order valence-electron chi connectivity index (χ2n) is 4.42. The molecule has 3 heteroatoms. The molecule has 0 radical (unpaired) electrons. The minimum Gasteiger partial charge on any atom is -0.491 e. The Morgan fingerprint density at radius 2 is 2.00 bits per heavy atom. The zero-order chi connectivity index (χ0) is 12.4. The predicted octanol–water partition coefficient (Wildman–Crippen LogP) is 3.37. The van der Waals surface area contributed by atoms with Crippen LogP contribution in [0.5, 0.6) is 5.75 Å². The maximum atomic E-state index is 5.69. The Labute approximate surface area is 102 Å². The summed E-state index contributed by atoms with van der Waals surface area (Å²) in [4.78, 5) is 4.51. The van der Waals surface area contributed by atoms with Crippen LogP contribution in [-0.2, 0) is 0 Å². The first-order valence-electron chi connectivity index (χ1n) is 5.86. The first kappa shape index (κ1) is 11.7. The summed E-state index contributed by atoms with van der Waals surface area (Å²) in [7, 11) is 1.88. The van der Waals surface area contributed by atoms with E-state index in [0.29, 0.717) is 0 Å². The van der Waals surface area contributed by atoms with Gasteiger partial charge in [0.2, 0.25) is 0 Å². The number of aromatic nitrogens is 1. The predicted molar refractivity (Wildman–Crippen MR) is 71.8 cm³/mol. The summed E-state index contributed by atoms with van der Waals surface area (Å²) < 4.78 is 5.69. The van der Waals surface area contributed by atoms with E-state index in [9.17, 15) is 0 Å². The Kier molecular flexibility index (Phi) is 3.18. The zero-order valence-corrected chi connectivity index (χ0v) is 10.7. The summed E-state index contributed by atoms with van der Waals surface area (Å²) in [5.74, 6) is 1.79. The minimum absolute atomic E-state index is 0.192. The van der Waals surface area contributed by atoms with Crippen LogP contribution in [0.15, 0.2) is 24.3 Å². The lowest BCUT2D eigenvalue weighted by atomic mass is 10.1. The van der Waals surface area contributed by atoms with Gasteiger partial charge >= 0.3 is 0 Å². The number of rotatable bonds is 3. The lowest BCUT2D eigenvalue weighted by Crippen LogP contribution is -2.05. The van der Waals surface area contributed by atoms with Crippen molar-refractivity contribution in [1.29, 1.82) is 0 Å². The molecule has 0 aliphatic heterocycles. The molecule has 0 atom stereocenters. The van der Waals surface area contributed by atoms with Crippen LogP contribution in [0, 0.1) is 6.92 Å². The van der Waals surface area contributed by atoms with Crippen LogP contribution in [0.1, 0.15) is 19.4 Å². The highest BCUT2D eigenvalue weighted by Crippen LogP contribution is 2.25. The molecule has 0 aliphatic carbocycles. The van der Waals surface area contributed by atoms with Crippen molar-refractivity contribution in [2.75, 3.05) is 12.4 Å². The maximum absolute atomic E-state index is 5.69. The fourth-order valence-corrected chi connectivity index (χ4v) is 1.85. The Hall–Kier alpha value is -1.77. The van der Waals surface area contributed by atoms with Crippen LogP contribution >= 0.6 is 0 Å². The summed E-state index contributed by atoms with van der Waals surface area (Å²) in [6.07, 6.45) is 0.192. The molecule has 1 aromatic heterocycles. The van der Waals surface area contributed by atoms with Crippen molar-refractivity contribution in [3.8, 4) is 5.75 Å². The molecule has 90 valence electrons. The number of pyridine rings is 1. The summed E-state index contributed by atoms with van der Waals surface area (Å²) >= 11 is 0. The number of hydrogen-bond donors (Lipinski definition) is 1. The van der Waals surface area contributed by atoms with Gasteiger partial charge in [-0.25, -0.2) is 4.98 Å². The van der Waals surface area contributed by atoms with Crippen molar-refractivity contribution in [1.82, 2.24) is 4.98 Å². The zero-order valence-electron chi connectivity index (χ0n) is 10.7. The van der Waals surface area contributed by atoms with Gasteiger partial charge in [0.15, 0.2) is 0 Å². The number of nitrogens with zero attached hydrogens (tertiary/aromatic N) is 1. The van der Waals surface area contributed by atoms with Gasteiger partial charge < -0.3 is 10.1 Å². The van der Waals surface area contributed by atoms with E-state index in [1.165, 1.54) is 5.56 Å². The number of nitrogens with one attached hydrogen (secondary N) is 1. The number of aryl methyl sites for hydroxylation is 1. The van der Waals surface area contributed by atoms with Gasteiger partial charge in [-0.05, 0) is 50.6 Å². The molecule has 1 aromatic carbocycles. The Morgan fingerprint density at radius 1 is 1.24 bits per heavy atom. The van der Waals surface area contributed by atoms with Gasteiger partial charge in [-0.2, -0.15) is 0 Å². The highest BCUT2D eigenvalue weighted by Gasteiger charge is 2.04. The van der Waals surface area contributed by atoms with Crippen molar-refractivity contribution in [3.05, 3.63) is 29.8 Å². The average Bonchev–Trinajstić information content (AvgIpc) is 2.29. The molecule has 1 heterocycles. The van der Waals surface area contributed by atoms with E-state index < -0.39 is 0 Å². The normalized spacial score (nSPS) is 10.9. The minimum atomic E-state index is 0.192. The molecule has 2 aromatic rings. The van der Waals surface area contributed by atoms with Crippen molar-refractivity contribution in [3.63, 3.8) is 0 Å². The molecule has 0 saturated heterocycles. The van der Waals surface area contributed by atoms with E-state index in [0.717, 1.165) is 22.5 Å². The molecule has 0 bridgehead atoms. The molecule has 0 unspecified atom stereocenters. The number of anilines is 1. The first-order chi connectivity index (χ1) is 8.10. The molecule has 3 nitrogen and oxygen atoms in total. The molecule has 17 heavy (non-hydrogen) atoms. The van der Waals surface area contributed by atoms with Crippen LogP contribution in [0.3, 0.4) is 0 Å². The smallest absolute Gasteiger partial charge is 0.126 e. The third-order valence-electron chi connectivity index (χ3n) is 2.61. The summed E-state index contributed by atoms with van der Waals surface area (Å²) in [5.41, 5.74) is 2.19. The Bertz CT molecular complexity index is 535. The fourth-order valence-electron chi connectivity index (χ4n) is 1.85. The third kappa shape index (κ3) is 2.49. The largest absolute Gasteiger partial charge is 0.491 e. The summed E-state index contributed by atoms with van der Waals surface area (Å²) in [5, 5.41) is 4.21. The second kappa shape index (κ2) is 4.62. The van der Waals surface area contributed by atoms with Crippen LogP contribution in [0.2, 0.25) is 0 Å². The molecule has 2 rings (SSSR count). The van der Waals surface area contributed by atoms with E-state index in [4.69, 9.17) is 4.74 Å². The summed E-state index contributed by atoms with van der Waals surface area (Å²) in [6, 6.07) is 8.06. The van der Waals surface area contributed by atoms with Gasteiger partial charge in [-0.15, -0.1) is 0 Å². The number of benzene rings is 1. The molecule has 0 amide bonds. The van der Waals surface area contributed by atoms with Crippen LogP contribution in [0.4, 0.5) is 5.82 Å². The molecule has 0 fully saturated rings. The van der Waals surface area contributed by atoms with E-state index in [-0.39, 0.29) is 6.10 Å². The molecular formula is C14H18N2O. The Morgan fingerprint density at radius 3 is 2.65 bits per heavy atom. The lowest BCUT2D eigenvalue weighted by molar-refractivity contribution is 0.243. The number of ether oxygens (including phenoxy) is 1. The SMILES string of the molecule is CNc1cc(C)c2cc(OC(C)C)ccc2n1. The highest BCUT2D eigenvalue weighted by atomic mass is 16.5. The third-order valence-corrected chi connectivity index (χ3v) is 2.61. The van der Waals surface area contributed by atoms with Crippen LogP contribution < -0.4 is 10.1 Å². The van der Waals surface area contributed by atoms with Crippen LogP contribution in [0.25, 0.3) is 10.9 Å². The number of hydrogen-bond acceptors (Lipinski definition) is 3. The van der Waals surface area contributed by atoms with E-state index in [1.807, 2.05) is 39.1 Å². The van der Waals surface area contributed by atoms with E-state index in [1.54, 1.807) is 0 Å². The molecule has 0 saturated carbocycles. The van der Waals surface area contributed by atoms with Gasteiger partial charge in [0.05, 0.1) is 11.6 Å². The monoisotopic (exact) mass is 230 g/mol. The molecular weight excluding hydrogens is 212 g/mol.